The van der Waals surface area contributed by atoms with Gasteiger partial charge in [-0.05, 0) is 42.8 Å². The maximum atomic E-state index is 12.7. The number of amides is 1. The Morgan fingerprint density at radius 3 is 2.55 bits per heavy atom. The van der Waals surface area contributed by atoms with Gasteiger partial charge in [0.25, 0.3) is 15.9 Å². The van der Waals surface area contributed by atoms with Gasteiger partial charge in [-0.15, -0.1) is 4.83 Å². The van der Waals surface area contributed by atoms with Gasteiger partial charge in [-0.3, -0.25) is 4.79 Å². The van der Waals surface area contributed by atoms with Gasteiger partial charge < -0.3 is 9.47 Å². The van der Waals surface area contributed by atoms with E-state index in [4.69, 9.17) is 21.7 Å². The molecular weight excluding hydrogens is 432 g/mol. The van der Waals surface area contributed by atoms with Gasteiger partial charge in [-0.1, -0.05) is 48.2 Å². The van der Waals surface area contributed by atoms with Crippen LogP contribution in [-0.4, -0.2) is 37.4 Å². The van der Waals surface area contributed by atoms with Crippen LogP contribution in [0.5, 0.6) is 11.5 Å². The van der Waals surface area contributed by atoms with Crippen LogP contribution in [0.2, 0.25) is 0 Å². The third-order valence-corrected chi connectivity index (χ3v) is 6.46. The highest BCUT2D eigenvalue weighted by Gasteiger charge is 2.35. The Hall–Kier alpha value is -2.40. The molecule has 1 saturated heterocycles. The minimum absolute atomic E-state index is 0.0364. The van der Waals surface area contributed by atoms with Crippen LogP contribution in [-0.2, 0) is 14.8 Å². The van der Waals surface area contributed by atoms with Crippen LogP contribution in [0.25, 0.3) is 6.08 Å². The maximum absolute atomic E-state index is 12.7. The number of carbonyl (C=O) groups excluding carboxylic acids is 1. The van der Waals surface area contributed by atoms with Crippen LogP contribution in [0.1, 0.15) is 12.5 Å². The van der Waals surface area contributed by atoms with Crippen molar-refractivity contribution in [3.8, 4) is 11.5 Å². The first-order valence-corrected chi connectivity index (χ1v) is 11.2. The van der Waals surface area contributed by atoms with Gasteiger partial charge in [0.05, 0.1) is 23.5 Å². The molecule has 0 spiro atoms. The minimum atomic E-state index is -3.94. The SMILES string of the molecule is CCOc1ccc(/C=C2\SC(=S)N(NS(=O)(=O)c3ccccc3)C2=O)cc1OC. The number of hydrazine groups is 1. The third-order valence-electron chi connectivity index (χ3n) is 3.84. The Morgan fingerprint density at radius 2 is 1.90 bits per heavy atom. The average Bonchev–Trinajstić information content (AvgIpc) is 2.97. The zero-order valence-corrected chi connectivity index (χ0v) is 18.1. The fourth-order valence-corrected chi connectivity index (χ4v) is 4.85. The molecule has 0 radical (unpaired) electrons. The van der Waals surface area contributed by atoms with E-state index in [9.17, 15) is 13.2 Å². The van der Waals surface area contributed by atoms with Gasteiger partial charge in [0.2, 0.25) is 0 Å². The Balaban J connectivity index is 1.83. The monoisotopic (exact) mass is 450 g/mol. The van der Waals surface area contributed by atoms with E-state index < -0.39 is 15.9 Å². The van der Waals surface area contributed by atoms with Gasteiger partial charge in [0, 0.05) is 0 Å². The predicted octanol–water partition coefficient (Wildman–Crippen LogP) is 3.19. The number of ether oxygens (including phenoxy) is 2. The summed E-state index contributed by atoms with van der Waals surface area (Å²) in [6.07, 6.45) is 1.62. The number of hydrogen-bond donors (Lipinski definition) is 1. The number of methoxy groups -OCH3 is 1. The predicted molar refractivity (Wildman–Crippen MR) is 116 cm³/mol. The fraction of sp³-hybridized carbons (Fsp3) is 0.158. The molecule has 1 heterocycles. The molecule has 0 atom stereocenters. The van der Waals surface area contributed by atoms with E-state index >= 15 is 0 Å². The molecule has 1 aliphatic heterocycles. The summed E-state index contributed by atoms with van der Waals surface area (Å²) in [4.78, 5) is 15.3. The van der Waals surface area contributed by atoms with Crippen molar-refractivity contribution >= 4 is 50.3 Å². The molecule has 10 heteroatoms. The number of thioether (sulfide) groups is 1. The first kappa shape index (κ1) is 21.3. The molecule has 152 valence electrons. The first-order chi connectivity index (χ1) is 13.9. The molecular formula is C19H18N2O5S3. The molecule has 3 rings (SSSR count). The fourth-order valence-electron chi connectivity index (χ4n) is 2.52. The molecule has 0 saturated carbocycles. The van der Waals surface area contributed by atoms with Gasteiger partial charge in [0.15, 0.2) is 15.8 Å². The van der Waals surface area contributed by atoms with E-state index in [1.54, 1.807) is 42.5 Å². The molecule has 1 fully saturated rings. The standard InChI is InChI=1S/C19H18N2O5S3/c1-3-26-15-10-9-13(11-16(15)25-2)12-17-18(22)21(19(27)28-17)20-29(23,24)14-7-5-4-6-8-14/h4-12,20H,3H2,1-2H3/b17-12-. The highest BCUT2D eigenvalue weighted by Crippen LogP contribution is 2.34. The third kappa shape index (κ3) is 4.78. The lowest BCUT2D eigenvalue weighted by atomic mass is 10.2. The normalized spacial score (nSPS) is 15.8. The summed E-state index contributed by atoms with van der Waals surface area (Å²) in [5.74, 6) is 0.573. The number of thiocarbonyl (C=S) groups is 1. The highest BCUT2D eigenvalue weighted by molar-refractivity contribution is 8.26. The van der Waals surface area contributed by atoms with E-state index in [0.717, 1.165) is 16.8 Å². The van der Waals surface area contributed by atoms with Crippen LogP contribution >= 0.6 is 24.0 Å². The summed E-state index contributed by atoms with van der Waals surface area (Å²) in [6, 6.07) is 13.0. The van der Waals surface area contributed by atoms with Crippen molar-refractivity contribution in [1.82, 2.24) is 9.84 Å². The van der Waals surface area contributed by atoms with Crippen LogP contribution in [0, 0.1) is 0 Å². The van der Waals surface area contributed by atoms with E-state index in [0.29, 0.717) is 23.7 Å². The van der Waals surface area contributed by atoms with E-state index in [-0.39, 0.29) is 14.1 Å². The van der Waals surface area contributed by atoms with Gasteiger partial charge in [0.1, 0.15) is 0 Å². The number of carbonyl (C=O) groups is 1. The summed E-state index contributed by atoms with van der Waals surface area (Å²) in [7, 11) is -2.41. The minimum Gasteiger partial charge on any atom is -0.493 e. The van der Waals surface area contributed by atoms with Crippen LogP contribution < -0.4 is 14.3 Å². The molecule has 2 aromatic rings. The molecule has 7 nitrogen and oxygen atoms in total. The second-order valence-electron chi connectivity index (χ2n) is 5.77. The molecule has 29 heavy (non-hydrogen) atoms. The van der Waals surface area contributed by atoms with E-state index in [1.165, 1.54) is 19.2 Å². The quantitative estimate of drug-likeness (QED) is 0.512. The van der Waals surface area contributed by atoms with Crippen molar-refractivity contribution in [3.63, 3.8) is 0 Å². The zero-order valence-electron chi connectivity index (χ0n) is 15.6. The van der Waals surface area contributed by atoms with Crippen LogP contribution in [0.15, 0.2) is 58.3 Å². The molecule has 1 aliphatic rings. The summed E-state index contributed by atoms with van der Waals surface area (Å²) < 4.78 is 35.9. The first-order valence-electron chi connectivity index (χ1n) is 8.52. The van der Waals surface area contributed by atoms with Crippen molar-refractivity contribution in [1.29, 1.82) is 0 Å². The van der Waals surface area contributed by atoms with Gasteiger partial charge in [-0.2, -0.15) is 0 Å². The number of benzene rings is 2. The maximum Gasteiger partial charge on any atom is 0.281 e. The lowest BCUT2D eigenvalue weighted by Crippen LogP contribution is -2.44. The second kappa shape index (κ2) is 8.95. The molecule has 0 unspecified atom stereocenters. The number of nitrogens with zero attached hydrogens (tertiary/aromatic N) is 1. The molecule has 0 bridgehead atoms. The smallest absolute Gasteiger partial charge is 0.281 e. The number of hydrogen-bond acceptors (Lipinski definition) is 7. The van der Waals surface area contributed by atoms with Crippen molar-refractivity contribution in [2.24, 2.45) is 0 Å². The molecule has 0 aromatic heterocycles. The van der Waals surface area contributed by atoms with Crippen molar-refractivity contribution in [2.45, 2.75) is 11.8 Å². The van der Waals surface area contributed by atoms with Crippen LogP contribution in [0.3, 0.4) is 0 Å². The molecule has 1 amide bonds. The van der Waals surface area contributed by atoms with Crippen molar-refractivity contribution in [2.75, 3.05) is 13.7 Å². The molecule has 2 aromatic carbocycles. The number of rotatable bonds is 7. The number of nitrogens with one attached hydrogen (secondary N) is 1. The summed E-state index contributed by atoms with van der Waals surface area (Å²) in [5.41, 5.74) is 0.691. The summed E-state index contributed by atoms with van der Waals surface area (Å²) >= 11 is 6.20. The summed E-state index contributed by atoms with van der Waals surface area (Å²) in [5, 5.41) is 0.861. The average molecular weight is 451 g/mol. The highest BCUT2D eigenvalue weighted by atomic mass is 32.2. The van der Waals surface area contributed by atoms with Gasteiger partial charge in [-0.25, -0.2) is 13.4 Å². The van der Waals surface area contributed by atoms with Crippen molar-refractivity contribution in [3.05, 3.63) is 59.0 Å². The van der Waals surface area contributed by atoms with E-state index in [2.05, 4.69) is 4.83 Å². The Kier molecular flexibility index (Phi) is 6.58. The van der Waals surface area contributed by atoms with Crippen molar-refractivity contribution < 1.29 is 22.7 Å². The Bertz CT molecular complexity index is 1070. The number of sulfonamides is 1. The zero-order chi connectivity index (χ0) is 21.0. The Morgan fingerprint density at radius 1 is 1.17 bits per heavy atom. The molecule has 0 aliphatic carbocycles. The molecule has 1 N–H and O–H groups in total. The topological polar surface area (TPSA) is 84.9 Å². The Labute approximate surface area is 178 Å². The second-order valence-corrected chi connectivity index (χ2v) is 9.10. The van der Waals surface area contributed by atoms with E-state index in [1.807, 2.05) is 6.92 Å². The van der Waals surface area contributed by atoms with Gasteiger partial charge >= 0.3 is 0 Å². The lowest BCUT2D eigenvalue weighted by Gasteiger charge is -2.15. The summed E-state index contributed by atoms with van der Waals surface area (Å²) in [6.45, 7) is 2.37. The van der Waals surface area contributed by atoms with Crippen LogP contribution in [0.4, 0.5) is 0 Å². The largest absolute Gasteiger partial charge is 0.493 e. The lowest BCUT2D eigenvalue weighted by molar-refractivity contribution is -0.123.